The summed E-state index contributed by atoms with van der Waals surface area (Å²) in [5, 5.41) is 1.61. The van der Waals surface area contributed by atoms with E-state index in [4.69, 9.17) is 32.7 Å². The van der Waals surface area contributed by atoms with E-state index >= 15 is 0 Å². The molecular formula is C12H11BrCl2O2. The lowest BCUT2D eigenvalue weighted by Gasteiger charge is -2.27. The summed E-state index contributed by atoms with van der Waals surface area (Å²) in [7, 11) is 0. The molecule has 2 rings (SSSR count). The van der Waals surface area contributed by atoms with E-state index in [9.17, 15) is 0 Å². The molecule has 1 aromatic carbocycles. The minimum absolute atomic E-state index is 0.126. The molecule has 1 heterocycles. The zero-order chi connectivity index (χ0) is 12.5. The van der Waals surface area contributed by atoms with Crippen molar-refractivity contribution in [1.82, 2.24) is 0 Å². The molecule has 1 aliphatic rings. The van der Waals surface area contributed by atoms with Crippen LogP contribution in [0.15, 0.2) is 30.9 Å². The predicted molar refractivity (Wildman–Crippen MR) is 73.0 cm³/mol. The predicted octanol–water partition coefficient (Wildman–Crippen LogP) is 4.14. The van der Waals surface area contributed by atoms with Crippen LogP contribution in [0.1, 0.15) is 5.56 Å². The van der Waals surface area contributed by atoms with Crippen molar-refractivity contribution in [1.29, 1.82) is 0 Å². The summed E-state index contributed by atoms with van der Waals surface area (Å²) < 4.78 is 11.6. The number of hydrogen-bond donors (Lipinski definition) is 0. The van der Waals surface area contributed by atoms with E-state index < -0.39 is 5.79 Å². The van der Waals surface area contributed by atoms with Crippen LogP contribution < -0.4 is 0 Å². The molecule has 1 saturated heterocycles. The van der Waals surface area contributed by atoms with Crippen molar-refractivity contribution in [2.75, 3.05) is 11.9 Å². The zero-order valence-electron chi connectivity index (χ0n) is 8.96. The van der Waals surface area contributed by atoms with Gasteiger partial charge in [-0.25, -0.2) is 0 Å². The van der Waals surface area contributed by atoms with Crippen molar-refractivity contribution in [3.8, 4) is 0 Å². The number of hydrogen-bond acceptors (Lipinski definition) is 2. The molecule has 0 radical (unpaired) electrons. The Bertz CT molecular complexity index is 439. The highest BCUT2D eigenvalue weighted by molar-refractivity contribution is 9.09. The van der Waals surface area contributed by atoms with Gasteiger partial charge in [0.1, 0.15) is 6.10 Å². The Labute approximate surface area is 119 Å². The van der Waals surface area contributed by atoms with Gasteiger partial charge < -0.3 is 9.47 Å². The summed E-state index contributed by atoms with van der Waals surface area (Å²) in [5.74, 6) is -0.861. The molecule has 0 bridgehead atoms. The molecule has 17 heavy (non-hydrogen) atoms. The van der Waals surface area contributed by atoms with Crippen molar-refractivity contribution in [3.05, 3.63) is 46.5 Å². The van der Waals surface area contributed by atoms with Crippen LogP contribution in [0, 0.1) is 0 Å². The molecule has 2 nitrogen and oxygen atoms in total. The average Bonchev–Trinajstić information content (AvgIpc) is 2.74. The third-order valence-corrected chi connectivity index (χ3v) is 3.89. The van der Waals surface area contributed by atoms with Crippen LogP contribution in [-0.2, 0) is 15.3 Å². The molecule has 2 unspecified atom stereocenters. The van der Waals surface area contributed by atoms with E-state index in [1.54, 1.807) is 18.2 Å². The molecule has 0 saturated carbocycles. The second-order valence-electron chi connectivity index (χ2n) is 3.71. The van der Waals surface area contributed by atoms with Crippen LogP contribution in [0.5, 0.6) is 0 Å². The van der Waals surface area contributed by atoms with Crippen LogP contribution in [-0.4, -0.2) is 18.0 Å². The van der Waals surface area contributed by atoms with Gasteiger partial charge in [-0.2, -0.15) is 0 Å². The van der Waals surface area contributed by atoms with Crippen molar-refractivity contribution < 1.29 is 9.47 Å². The summed E-state index contributed by atoms with van der Waals surface area (Å²) in [6.07, 6.45) is 1.59. The second kappa shape index (κ2) is 5.29. The van der Waals surface area contributed by atoms with Gasteiger partial charge in [-0.15, -0.1) is 6.58 Å². The molecule has 0 amide bonds. The Morgan fingerprint density at radius 3 is 2.82 bits per heavy atom. The lowest BCUT2D eigenvalue weighted by Crippen LogP contribution is -2.30. The monoisotopic (exact) mass is 336 g/mol. The highest BCUT2D eigenvalue weighted by Gasteiger charge is 2.42. The van der Waals surface area contributed by atoms with Crippen LogP contribution in [0.25, 0.3) is 0 Å². The molecule has 0 aromatic heterocycles. The molecule has 0 aliphatic carbocycles. The van der Waals surface area contributed by atoms with Crippen LogP contribution in [0.3, 0.4) is 0 Å². The van der Waals surface area contributed by atoms with E-state index in [2.05, 4.69) is 22.5 Å². The van der Waals surface area contributed by atoms with Gasteiger partial charge in [0.05, 0.1) is 17.0 Å². The minimum Gasteiger partial charge on any atom is -0.342 e. The number of alkyl halides is 1. The smallest absolute Gasteiger partial charge is 0.207 e. The van der Waals surface area contributed by atoms with Crippen LogP contribution in [0.4, 0.5) is 0 Å². The Kier molecular flexibility index (Phi) is 4.16. The Morgan fingerprint density at radius 1 is 1.53 bits per heavy atom. The van der Waals surface area contributed by atoms with Gasteiger partial charge in [0.2, 0.25) is 5.79 Å². The number of rotatable bonds is 3. The molecule has 2 atom stereocenters. The maximum atomic E-state index is 6.18. The highest BCUT2D eigenvalue weighted by atomic mass is 79.9. The van der Waals surface area contributed by atoms with Gasteiger partial charge in [0, 0.05) is 10.6 Å². The van der Waals surface area contributed by atoms with Gasteiger partial charge in [-0.1, -0.05) is 51.3 Å². The Morgan fingerprint density at radius 2 is 2.29 bits per heavy atom. The topological polar surface area (TPSA) is 18.5 Å². The highest BCUT2D eigenvalue weighted by Crippen LogP contribution is 2.40. The quantitative estimate of drug-likeness (QED) is 0.609. The molecule has 0 N–H and O–H groups in total. The molecule has 0 spiro atoms. The van der Waals surface area contributed by atoms with Gasteiger partial charge >= 0.3 is 0 Å². The first-order valence-corrected chi connectivity index (χ1v) is 6.95. The largest absolute Gasteiger partial charge is 0.342 e. The lowest BCUT2D eigenvalue weighted by molar-refractivity contribution is -0.151. The fourth-order valence-corrected chi connectivity index (χ4v) is 2.88. The summed E-state index contributed by atoms with van der Waals surface area (Å²) in [4.78, 5) is 0. The number of ether oxygens (including phenoxy) is 2. The van der Waals surface area contributed by atoms with Crippen molar-refractivity contribution in [3.63, 3.8) is 0 Å². The average molecular weight is 338 g/mol. The van der Waals surface area contributed by atoms with E-state index in [0.717, 1.165) is 5.56 Å². The van der Waals surface area contributed by atoms with Crippen molar-refractivity contribution in [2.24, 2.45) is 0 Å². The SMILES string of the molecule is C=CC1COC(CBr)(c2ccc(Cl)cc2Cl)O1. The molecular weight excluding hydrogens is 327 g/mol. The zero-order valence-corrected chi connectivity index (χ0v) is 12.1. The van der Waals surface area contributed by atoms with Gasteiger partial charge in [-0.05, 0) is 12.1 Å². The number of benzene rings is 1. The number of halogens is 3. The van der Waals surface area contributed by atoms with Gasteiger partial charge in [0.15, 0.2) is 0 Å². The molecule has 92 valence electrons. The maximum absolute atomic E-state index is 6.18. The first-order valence-electron chi connectivity index (χ1n) is 5.07. The third kappa shape index (κ3) is 2.54. The maximum Gasteiger partial charge on any atom is 0.207 e. The van der Waals surface area contributed by atoms with Crippen molar-refractivity contribution in [2.45, 2.75) is 11.9 Å². The Hall–Kier alpha value is -0.0600. The van der Waals surface area contributed by atoms with E-state index in [-0.39, 0.29) is 6.10 Å². The van der Waals surface area contributed by atoms with E-state index in [1.807, 2.05) is 6.07 Å². The minimum atomic E-state index is -0.861. The van der Waals surface area contributed by atoms with E-state index in [1.165, 1.54) is 0 Å². The first-order chi connectivity index (χ1) is 8.11. The molecule has 1 fully saturated rings. The molecule has 1 aromatic rings. The summed E-state index contributed by atoms with van der Waals surface area (Å²) in [6.45, 7) is 4.16. The van der Waals surface area contributed by atoms with Gasteiger partial charge in [0.25, 0.3) is 0 Å². The fourth-order valence-electron chi connectivity index (χ4n) is 1.73. The normalized spacial score (nSPS) is 28.3. The van der Waals surface area contributed by atoms with Gasteiger partial charge in [-0.3, -0.25) is 0 Å². The fraction of sp³-hybridized carbons (Fsp3) is 0.333. The molecule has 1 aliphatic heterocycles. The second-order valence-corrected chi connectivity index (χ2v) is 5.12. The van der Waals surface area contributed by atoms with E-state index in [0.29, 0.717) is 22.0 Å². The van der Waals surface area contributed by atoms with Crippen LogP contribution >= 0.6 is 39.1 Å². The Balaban J connectivity index is 2.38. The summed E-state index contributed by atoms with van der Waals surface area (Å²) in [6, 6.07) is 5.26. The van der Waals surface area contributed by atoms with Crippen molar-refractivity contribution >= 4 is 39.1 Å². The first kappa shape index (κ1) is 13.4. The third-order valence-electron chi connectivity index (χ3n) is 2.60. The lowest BCUT2D eigenvalue weighted by atomic mass is 10.1. The summed E-state index contributed by atoms with van der Waals surface area (Å²) >= 11 is 15.5. The molecule has 5 heteroatoms. The standard InChI is InChI=1S/C12H11BrCl2O2/c1-2-9-6-16-12(7-13,17-9)10-4-3-8(14)5-11(10)15/h2-5,9H,1,6-7H2. The summed E-state index contributed by atoms with van der Waals surface area (Å²) in [5.41, 5.74) is 0.768. The van der Waals surface area contributed by atoms with Crippen LogP contribution in [0.2, 0.25) is 10.0 Å².